The standard InChI is InChI=1S/C23H23N/c1-16-19(23(2,3)4)14-15-21-22(16)18-12-8-9-13-20(18)24(21)17-10-6-5-7-11-17/h5-15H,1-4H3. The largest absolute Gasteiger partial charge is 0.309 e. The molecule has 0 atom stereocenters. The molecular formula is C23H23N. The first-order chi connectivity index (χ1) is 11.5. The lowest BCUT2D eigenvalue weighted by atomic mass is 9.83. The van der Waals surface area contributed by atoms with E-state index in [-0.39, 0.29) is 5.41 Å². The fourth-order valence-electron chi connectivity index (χ4n) is 3.90. The Morgan fingerprint density at radius 1 is 0.708 bits per heavy atom. The summed E-state index contributed by atoms with van der Waals surface area (Å²) in [4.78, 5) is 0. The molecule has 0 spiro atoms. The Kier molecular flexibility index (Phi) is 3.28. The van der Waals surface area contributed by atoms with Crippen LogP contribution < -0.4 is 0 Å². The minimum Gasteiger partial charge on any atom is -0.309 e. The Labute approximate surface area is 143 Å². The number of nitrogens with zero attached hydrogens (tertiary/aromatic N) is 1. The zero-order valence-corrected chi connectivity index (χ0v) is 14.8. The van der Waals surface area contributed by atoms with Gasteiger partial charge in [-0.15, -0.1) is 0 Å². The molecule has 120 valence electrons. The van der Waals surface area contributed by atoms with Gasteiger partial charge in [0.05, 0.1) is 11.0 Å². The van der Waals surface area contributed by atoms with Crippen molar-refractivity contribution in [3.8, 4) is 5.69 Å². The van der Waals surface area contributed by atoms with Crippen LogP contribution in [0.15, 0.2) is 66.7 Å². The van der Waals surface area contributed by atoms with E-state index in [2.05, 4.69) is 99.0 Å². The molecule has 0 amide bonds. The molecule has 0 saturated carbocycles. The van der Waals surface area contributed by atoms with E-state index in [1.54, 1.807) is 0 Å². The second-order valence-corrected chi connectivity index (χ2v) is 7.57. The summed E-state index contributed by atoms with van der Waals surface area (Å²) in [6.45, 7) is 9.14. The highest BCUT2D eigenvalue weighted by molar-refractivity contribution is 6.11. The first-order valence-electron chi connectivity index (χ1n) is 8.57. The maximum atomic E-state index is 2.38. The minimum atomic E-state index is 0.147. The van der Waals surface area contributed by atoms with Crippen molar-refractivity contribution in [3.63, 3.8) is 0 Å². The van der Waals surface area contributed by atoms with E-state index in [0.29, 0.717) is 0 Å². The molecule has 1 heteroatoms. The molecule has 0 bridgehead atoms. The summed E-state index contributed by atoms with van der Waals surface area (Å²) in [6.07, 6.45) is 0. The maximum Gasteiger partial charge on any atom is 0.0543 e. The quantitative estimate of drug-likeness (QED) is 0.384. The number of hydrogen-bond donors (Lipinski definition) is 0. The molecule has 4 aromatic rings. The SMILES string of the molecule is Cc1c(C(C)(C)C)ccc2c1c1ccccc1n2-c1ccccc1. The van der Waals surface area contributed by atoms with E-state index in [1.807, 2.05) is 0 Å². The van der Waals surface area contributed by atoms with Crippen molar-refractivity contribution in [1.82, 2.24) is 4.57 Å². The van der Waals surface area contributed by atoms with Gasteiger partial charge in [0.25, 0.3) is 0 Å². The van der Waals surface area contributed by atoms with Crippen LogP contribution in [0.4, 0.5) is 0 Å². The van der Waals surface area contributed by atoms with Gasteiger partial charge in [0.2, 0.25) is 0 Å². The number of aryl methyl sites for hydroxylation is 1. The van der Waals surface area contributed by atoms with Crippen LogP contribution in [0.5, 0.6) is 0 Å². The number of aromatic nitrogens is 1. The van der Waals surface area contributed by atoms with Gasteiger partial charge in [0.15, 0.2) is 0 Å². The van der Waals surface area contributed by atoms with E-state index in [4.69, 9.17) is 0 Å². The van der Waals surface area contributed by atoms with E-state index < -0.39 is 0 Å². The van der Waals surface area contributed by atoms with Crippen LogP contribution in [-0.4, -0.2) is 4.57 Å². The summed E-state index contributed by atoms with van der Waals surface area (Å²) in [7, 11) is 0. The second-order valence-electron chi connectivity index (χ2n) is 7.57. The predicted molar refractivity (Wildman–Crippen MR) is 104 cm³/mol. The van der Waals surface area contributed by atoms with Crippen LogP contribution in [0, 0.1) is 6.92 Å². The topological polar surface area (TPSA) is 4.93 Å². The van der Waals surface area contributed by atoms with Crippen LogP contribution in [0.1, 0.15) is 31.9 Å². The van der Waals surface area contributed by atoms with Gasteiger partial charge in [0, 0.05) is 16.5 Å². The number of rotatable bonds is 1. The van der Waals surface area contributed by atoms with Crippen molar-refractivity contribution in [2.24, 2.45) is 0 Å². The Bertz CT molecular complexity index is 1030. The van der Waals surface area contributed by atoms with Gasteiger partial charge >= 0.3 is 0 Å². The van der Waals surface area contributed by atoms with Crippen LogP contribution in [0.25, 0.3) is 27.5 Å². The number of benzene rings is 3. The Balaban J connectivity index is 2.19. The van der Waals surface area contributed by atoms with E-state index in [0.717, 1.165) is 0 Å². The predicted octanol–water partition coefficient (Wildman–Crippen LogP) is 6.39. The summed E-state index contributed by atoms with van der Waals surface area (Å²) >= 11 is 0. The molecule has 0 saturated heterocycles. The van der Waals surface area contributed by atoms with Crippen molar-refractivity contribution in [3.05, 3.63) is 77.9 Å². The van der Waals surface area contributed by atoms with Gasteiger partial charge in [-0.1, -0.05) is 63.2 Å². The Morgan fingerprint density at radius 2 is 1.38 bits per heavy atom. The van der Waals surface area contributed by atoms with Gasteiger partial charge in [-0.3, -0.25) is 0 Å². The summed E-state index contributed by atoms with van der Waals surface area (Å²) in [6, 6.07) is 24.0. The lowest BCUT2D eigenvalue weighted by Crippen LogP contribution is -2.13. The van der Waals surface area contributed by atoms with Gasteiger partial charge in [-0.25, -0.2) is 0 Å². The lowest BCUT2D eigenvalue weighted by molar-refractivity contribution is 0.587. The van der Waals surface area contributed by atoms with Crippen molar-refractivity contribution in [2.45, 2.75) is 33.1 Å². The molecule has 0 aliphatic heterocycles. The normalized spacial score (nSPS) is 12.2. The minimum absolute atomic E-state index is 0.147. The molecule has 1 heterocycles. The van der Waals surface area contributed by atoms with Gasteiger partial charge in [-0.05, 0) is 47.7 Å². The van der Waals surface area contributed by atoms with Gasteiger partial charge in [0.1, 0.15) is 0 Å². The van der Waals surface area contributed by atoms with Crippen LogP contribution in [0.2, 0.25) is 0 Å². The first kappa shape index (κ1) is 15.0. The zero-order chi connectivity index (χ0) is 16.9. The van der Waals surface area contributed by atoms with Crippen molar-refractivity contribution < 1.29 is 0 Å². The molecule has 0 radical (unpaired) electrons. The second kappa shape index (κ2) is 5.24. The molecule has 0 aliphatic rings. The third-order valence-corrected chi connectivity index (χ3v) is 4.92. The molecule has 0 N–H and O–H groups in total. The highest BCUT2D eigenvalue weighted by Gasteiger charge is 2.21. The van der Waals surface area contributed by atoms with E-state index in [1.165, 1.54) is 38.6 Å². The van der Waals surface area contributed by atoms with Crippen LogP contribution in [0.3, 0.4) is 0 Å². The summed E-state index contributed by atoms with van der Waals surface area (Å²) in [5.41, 5.74) is 6.73. The number of fused-ring (bicyclic) bond motifs is 3. The molecule has 1 nitrogen and oxygen atoms in total. The average Bonchev–Trinajstić information content (AvgIpc) is 2.90. The molecule has 3 aromatic carbocycles. The molecule has 0 unspecified atom stereocenters. The lowest BCUT2D eigenvalue weighted by Gasteiger charge is -2.22. The van der Waals surface area contributed by atoms with E-state index >= 15 is 0 Å². The molecule has 0 aliphatic carbocycles. The number of hydrogen-bond acceptors (Lipinski definition) is 0. The first-order valence-corrected chi connectivity index (χ1v) is 8.57. The van der Waals surface area contributed by atoms with Crippen LogP contribution >= 0.6 is 0 Å². The zero-order valence-electron chi connectivity index (χ0n) is 14.8. The van der Waals surface area contributed by atoms with Crippen molar-refractivity contribution in [2.75, 3.05) is 0 Å². The highest BCUT2D eigenvalue weighted by Crippen LogP contribution is 2.38. The van der Waals surface area contributed by atoms with Crippen molar-refractivity contribution >= 4 is 21.8 Å². The molecule has 1 aromatic heterocycles. The third-order valence-electron chi connectivity index (χ3n) is 4.92. The molecule has 4 rings (SSSR count). The fraction of sp³-hybridized carbons (Fsp3) is 0.217. The van der Waals surface area contributed by atoms with Gasteiger partial charge in [-0.2, -0.15) is 0 Å². The maximum absolute atomic E-state index is 2.38. The van der Waals surface area contributed by atoms with Crippen molar-refractivity contribution in [1.29, 1.82) is 0 Å². The fourth-order valence-corrected chi connectivity index (χ4v) is 3.90. The van der Waals surface area contributed by atoms with Crippen LogP contribution in [-0.2, 0) is 5.41 Å². The summed E-state index contributed by atoms with van der Waals surface area (Å²) < 4.78 is 2.38. The summed E-state index contributed by atoms with van der Waals surface area (Å²) in [5, 5.41) is 2.71. The third kappa shape index (κ3) is 2.16. The summed E-state index contributed by atoms with van der Waals surface area (Å²) in [5.74, 6) is 0. The van der Waals surface area contributed by atoms with Gasteiger partial charge < -0.3 is 4.57 Å². The monoisotopic (exact) mass is 313 g/mol. The van der Waals surface area contributed by atoms with E-state index in [9.17, 15) is 0 Å². The average molecular weight is 313 g/mol. The smallest absolute Gasteiger partial charge is 0.0543 e. The Morgan fingerprint density at radius 3 is 2.08 bits per heavy atom. The highest BCUT2D eigenvalue weighted by atomic mass is 15.0. The molecular weight excluding hydrogens is 290 g/mol. The Hall–Kier alpha value is -2.54. The molecule has 0 fully saturated rings. The molecule has 24 heavy (non-hydrogen) atoms. The number of para-hydroxylation sites is 2.